The van der Waals surface area contributed by atoms with Crippen molar-refractivity contribution < 1.29 is 9.53 Å². The first-order chi connectivity index (χ1) is 13.0. The van der Waals surface area contributed by atoms with E-state index in [4.69, 9.17) is 4.74 Å². The molecule has 0 radical (unpaired) electrons. The number of hydrogen-bond acceptors (Lipinski definition) is 4. The van der Waals surface area contributed by atoms with E-state index in [1.165, 1.54) is 32.1 Å². The molecule has 1 saturated heterocycles. The zero-order valence-electron chi connectivity index (χ0n) is 17.5. The van der Waals surface area contributed by atoms with E-state index >= 15 is 0 Å². The highest BCUT2D eigenvalue weighted by Gasteiger charge is 2.34. The molecule has 1 aliphatic carbocycles. The Morgan fingerprint density at radius 1 is 1.07 bits per heavy atom. The lowest BCUT2D eigenvalue weighted by Gasteiger charge is -2.42. The molecule has 7 heteroatoms. The fourth-order valence-electron chi connectivity index (χ4n) is 3.99. The van der Waals surface area contributed by atoms with Crippen molar-refractivity contribution >= 4 is 11.9 Å². The Balaban J connectivity index is 1.78. The SMILES string of the molecule is CN=C(NCCNC(=O)C(C)C)NCC1(CN2CCOCC2)CCCCC1. The van der Waals surface area contributed by atoms with E-state index in [1.807, 2.05) is 13.8 Å². The van der Waals surface area contributed by atoms with Gasteiger partial charge in [0.1, 0.15) is 0 Å². The van der Waals surface area contributed by atoms with Crippen molar-refractivity contribution in [3.63, 3.8) is 0 Å². The second kappa shape index (κ2) is 11.5. The Labute approximate surface area is 164 Å². The topological polar surface area (TPSA) is 78.0 Å². The van der Waals surface area contributed by atoms with Gasteiger partial charge in [-0.05, 0) is 12.8 Å². The minimum atomic E-state index is 0.0220. The molecule has 0 unspecified atom stereocenters. The lowest BCUT2D eigenvalue weighted by molar-refractivity contribution is -0.123. The van der Waals surface area contributed by atoms with E-state index in [9.17, 15) is 4.79 Å². The van der Waals surface area contributed by atoms with Crippen LogP contribution in [0.3, 0.4) is 0 Å². The average molecular weight is 382 g/mol. The summed E-state index contributed by atoms with van der Waals surface area (Å²) in [5, 5.41) is 9.79. The first kappa shape index (κ1) is 22.0. The third-order valence-corrected chi connectivity index (χ3v) is 5.67. The van der Waals surface area contributed by atoms with Crippen LogP contribution in [0.15, 0.2) is 4.99 Å². The van der Waals surface area contributed by atoms with Gasteiger partial charge < -0.3 is 20.7 Å². The summed E-state index contributed by atoms with van der Waals surface area (Å²) in [6.45, 7) is 11.0. The van der Waals surface area contributed by atoms with Gasteiger partial charge in [0.2, 0.25) is 5.91 Å². The predicted molar refractivity (Wildman–Crippen MR) is 110 cm³/mol. The van der Waals surface area contributed by atoms with Crippen LogP contribution in [-0.2, 0) is 9.53 Å². The molecule has 1 heterocycles. The summed E-state index contributed by atoms with van der Waals surface area (Å²) in [6, 6.07) is 0. The quantitative estimate of drug-likeness (QED) is 0.335. The highest BCUT2D eigenvalue weighted by Crippen LogP contribution is 2.36. The molecule has 7 nitrogen and oxygen atoms in total. The fourth-order valence-corrected chi connectivity index (χ4v) is 3.99. The Kier molecular flexibility index (Phi) is 9.34. The van der Waals surface area contributed by atoms with Crippen molar-refractivity contribution in [3.05, 3.63) is 0 Å². The minimum Gasteiger partial charge on any atom is -0.379 e. The Morgan fingerprint density at radius 3 is 2.37 bits per heavy atom. The van der Waals surface area contributed by atoms with E-state index in [1.54, 1.807) is 7.05 Å². The summed E-state index contributed by atoms with van der Waals surface area (Å²) in [5.74, 6) is 0.931. The number of hydrogen-bond donors (Lipinski definition) is 3. The number of nitrogens with one attached hydrogen (secondary N) is 3. The molecule has 156 valence electrons. The molecule has 1 aliphatic heterocycles. The molecule has 2 fully saturated rings. The number of morpholine rings is 1. The zero-order valence-corrected chi connectivity index (χ0v) is 17.5. The Hall–Kier alpha value is -1.34. The highest BCUT2D eigenvalue weighted by atomic mass is 16.5. The number of carbonyl (C=O) groups excluding carboxylic acids is 1. The smallest absolute Gasteiger partial charge is 0.222 e. The van der Waals surface area contributed by atoms with Crippen molar-refractivity contribution in [2.75, 3.05) is 59.5 Å². The van der Waals surface area contributed by atoms with E-state index in [0.29, 0.717) is 18.5 Å². The van der Waals surface area contributed by atoms with Crippen molar-refractivity contribution in [1.29, 1.82) is 0 Å². The van der Waals surface area contributed by atoms with Crippen molar-refractivity contribution in [2.45, 2.75) is 46.0 Å². The molecule has 2 rings (SSSR count). The molecule has 1 amide bonds. The number of aliphatic imine (C=N–C) groups is 1. The van der Waals surface area contributed by atoms with Crippen LogP contribution in [0.25, 0.3) is 0 Å². The third-order valence-electron chi connectivity index (χ3n) is 5.67. The van der Waals surface area contributed by atoms with E-state index in [0.717, 1.165) is 45.4 Å². The van der Waals surface area contributed by atoms with Crippen molar-refractivity contribution in [1.82, 2.24) is 20.9 Å². The van der Waals surface area contributed by atoms with E-state index < -0.39 is 0 Å². The summed E-state index contributed by atoms with van der Waals surface area (Å²) in [7, 11) is 1.80. The van der Waals surface area contributed by atoms with Gasteiger partial charge in [-0.15, -0.1) is 0 Å². The van der Waals surface area contributed by atoms with Gasteiger partial charge in [0, 0.05) is 57.6 Å². The predicted octanol–water partition coefficient (Wildman–Crippen LogP) is 1.21. The standard InChI is InChI=1S/C20H39N5O2/c1-17(2)18(26)22-9-10-23-19(21-3)24-15-20(7-5-4-6-8-20)16-25-11-13-27-14-12-25/h17H,4-16H2,1-3H3,(H,22,26)(H2,21,23,24). The third kappa shape index (κ3) is 7.66. The van der Waals surface area contributed by atoms with Crippen molar-refractivity contribution in [2.24, 2.45) is 16.3 Å². The van der Waals surface area contributed by atoms with Crippen LogP contribution in [0.1, 0.15) is 46.0 Å². The van der Waals surface area contributed by atoms with Gasteiger partial charge >= 0.3 is 0 Å². The van der Waals surface area contributed by atoms with Crippen molar-refractivity contribution in [3.8, 4) is 0 Å². The normalized spacial score (nSPS) is 21.1. The summed E-state index contributed by atoms with van der Waals surface area (Å²) < 4.78 is 5.51. The van der Waals surface area contributed by atoms with Gasteiger partial charge in [-0.1, -0.05) is 33.1 Å². The second-order valence-corrected chi connectivity index (χ2v) is 8.25. The molecule has 27 heavy (non-hydrogen) atoms. The van der Waals surface area contributed by atoms with Crippen LogP contribution in [0.4, 0.5) is 0 Å². The number of carbonyl (C=O) groups is 1. The van der Waals surface area contributed by atoms with Crippen LogP contribution < -0.4 is 16.0 Å². The number of nitrogens with zero attached hydrogens (tertiary/aromatic N) is 2. The van der Waals surface area contributed by atoms with Gasteiger partial charge in [0.05, 0.1) is 13.2 Å². The van der Waals surface area contributed by atoms with Gasteiger partial charge in [-0.25, -0.2) is 0 Å². The molecule has 3 N–H and O–H groups in total. The lowest BCUT2D eigenvalue weighted by Crippen LogP contribution is -2.51. The van der Waals surface area contributed by atoms with Crippen LogP contribution in [0, 0.1) is 11.3 Å². The van der Waals surface area contributed by atoms with Gasteiger partial charge in [0.25, 0.3) is 0 Å². The van der Waals surface area contributed by atoms with Crippen LogP contribution >= 0.6 is 0 Å². The maximum Gasteiger partial charge on any atom is 0.222 e. The van der Waals surface area contributed by atoms with Gasteiger partial charge in [0.15, 0.2) is 5.96 Å². The highest BCUT2D eigenvalue weighted by molar-refractivity contribution is 5.80. The summed E-state index contributed by atoms with van der Waals surface area (Å²) in [5.41, 5.74) is 0.319. The number of rotatable bonds is 8. The van der Waals surface area contributed by atoms with Gasteiger partial charge in [-0.3, -0.25) is 14.7 Å². The molecule has 1 saturated carbocycles. The molecule has 0 aromatic heterocycles. The number of guanidine groups is 1. The number of amides is 1. The average Bonchev–Trinajstić information content (AvgIpc) is 2.68. The molecule has 0 atom stereocenters. The van der Waals surface area contributed by atoms with Gasteiger partial charge in [-0.2, -0.15) is 0 Å². The van der Waals surface area contributed by atoms with E-state index in [2.05, 4.69) is 25.8 Å². The first-order valence-electron chi connectivity index (χ1n) is 10.6. The Bertz CT molecular complexity index is 469. The summed E-state index contributed by atoms with van der Waals surface area (Å²) in [6.07, 6.45) is 6.55. The second-order valence-electron chi connectivity index (χ2n) is 8.25. The maximum atomic E-state index is 11.6. The van der Waals surface area contributed by atoms with Crippen LogP contribution in [0.2, 0.25) is 0 Å². The fraction of sp³-hybridized carbons (Fsp3) is 0.900. The first-order valence-corrected chi connectivity index (χ1v) is 10.6. The molecular weight excluding hydrogens is 342 g/mol. The number of ether oxygens (including phenoxy) is 1. The molecular formula is C20H39N5O2. The Morgan fingerprint density at radius 2 is 1.74 bits per heavy atom. The molecule has 0 bridgehead atoms. The largest absolute Gasteiger partial charge is 0.379 e. The maximum absolute atomic E-state index is 11.6. The van der Waals surface area contributed by atoms with Crippen LogP contribution in [0.5, 0.6) is 0 Å². The monoisotopic (exact) mass is 381 g/mol. The lowest BCUT2D eigenvalue weighted by atomic mass is 9.73. The molecule has 0 spiro atoms. The summed E-state index contributed by atoms with van der Waals surface area (Å²) >= 11 is 0. The summed E-state index contributed by atoms with van der Waals surface area (Å²) in [4.78, 5) is 18.5. The zero-order chi connectivity index (χ0) is 19.5. The van der Waals surface area contributed by atoms with Crippen LogP contribution in [-0.4, -0.2) is 76.3 Å². The molecule has 0 aromatic carbocycles. The molecule has 0 aromatic rings. The minimum absolute atomic E-state index is 0.0220. The van der Waals surface area contributed by atoms with E-state index in [-0.39, 0.29) is 11.8 Å². The molecule has 2 aliphatic rings.